The molecule has 6 nitrogen and oxygen atoms in total. The van der Waals surface area contributed by atoms with Crippen molar-refractivity contribution >= 4 is 29.4 Å². The van der Waals surface area contributed by atoms with Gasteiger partial charge in [0.1, 0.15) is 5.82 Å². The summed E-state index contributed by atoms with van der Waals surface area (Å²) in [4.78, 5) is 2.41. The Balaban J connectivity index is 2.13. The number of hydrogen-bond donors (Lipinski definition) is 2. The minimum Gasteiger partial charge on any atom is -0.375 e. The molecule has 2 aromatic rings. The van der Waals surface area contributed by atoms with Crippen molar-refractivity contribution in [2.75, 3.05) is 18.0 Å². The summed E-state index contributed by atoms with van der Waals surface area (Å²) < 4.78 is 2.04. The molecular weight excluding hydrogens is 344 g/mol. The number of thiocarbonyl (C=S) groups is 1. The van der Waals surface area contributed by atoms with Crippen molar-refractivity contribution in [3.63, 3.8) is 0 Å². The fourth-order valence-corrected chi connectivity index (χ4v) is 3.36. The number of piperidine rings is 1. The number of aromatic nitrogens is 2. The lowest BCUT2D eigenvalue weighted by Crippen LogP contribution is -2.32. The van der Waals surface area contributed by atoms with E-state index in [-0.39, 0.29) is 11.0 Å². The Kier molecular flexibility index (Phi) is 5.88. The van der Waals surface area contributed by atoms with E-state index in [1.54, 1.807) is 6.21 Å². The van der Waals surface area contributed by atoms with Gasteiger partial charge in [0.15, 0.2) is 5.11 Å². The summed E-state index contributed by atoms with van der Waals surface area (Å²) in [5.41, 5.74) is 11.3. The summed E-state index contributed by atoms with van der Waals surface area (Å²) in [6.45, 7) is 6.35. The maximum absolute atomic E-state index is 5.51. The van der Waals surface area contributed by atoms with E-state index in [1.807, 2.05) is 22.9 Å². The lowest BCUT2D eigenvalue weighted by atomic mass is 10.0. The molecule has 1 aliphatic rings. The number of anilines is 1. The third kappa shape index (κ3) is 4.04. The lowest BCUT2D eigenvalue weighted by molar-refractivity contribution is 0.567. The fourth-order valence-electron chi connectivity index (χ4n) is 3.31. The van der Waals surface area contributed by atoms with Crippen molar-refractivity contribution in [2.45, 2.75) is 39.0 Å². The standard InChI is InChI=1S/C19H26N6S/c1-14(2)17-16(13-21-22-19(20)26)18(24-11-7-4-8-12-24)25(23-17)15-9-5-3-6-10-15/h3,5-6,9-10,13-14H,4,7-8,11-12H2,1-2H3,(H3,20,22,26)/b21-13+. The molecule has 3 rings (SSSR count). The summed E-state index contributed by atoms with van der Waals surface area (Å²) in [6.07, 6.45) is 5.46. The van der Waals surface area contributed by atoms with Crippen LogP contribution < -0.4 is 16.1 Å². The predicted octanol–water partition coefficient (Wildman–Crippen LogP) is 3.15. The topological polar surface area (TPSA) is 71.5 Å². The molecule has 0 atom stereocenters. The number of nitrogens with two attached hydrogens (primary N) is 1. The highest BCUT2D eigenvalue weighted by Gasteiger charge is 2.25. The Morgan fingerprint density at radius 3 is 2.54 bits per heavy atom. The van der Waals surface area contributed by atoms with Gasteiger partial charge in [0, 0.05) is 13.1 Å². The largest absolute Gasteiger partial charge is 0.375 e. The van der Waals surface area contributed by atoms with Gasteiger partial charge in [-0.1, -0.05) is 32.0 Å². The third-order valence-electron chi connectivity index (χ3n) is 4.50. The fraction of sp³-hybridized carbons (Fsp3) is 0.421. The average Bonchev–Trinajstić information content (AvgIpc) is 3.02. The Labute approximate surface area is 160 Å². The van der Waals surface area contributed by atoms with Gasteiger partial charge in [-0.2, -0.15) is 10.2 Å². The molecule has 0 bridgehead atoms. The van der Waals surface area contributed by atoms with Gasteiger partial charge >= 0.3 is 0 Å². The normalized spacial score (nSPS) is 15.0. The SMILES string of the molecule is CC(C)c1nn(-c2ccccc2)c(N2CCCCC2)c1/C=N/NC(N)=S. The van der Waals surface area contributed by atoms with Gasteiger partial charge in [0.2, 0.25) is 0 Å². The van der Waals surface area contributed by atoms with Crippen LogP contribution in [0.25, 0.3) is 5.69 Å². The Morgan fingerprint density at radius 2 is 1.92 bits per heavy atom. The maximum Gasteiger partial charge on any atom is 0.184 e. The Hall–Kier alpha value is -2.41. The second-order valence-corrected chi connectivity index (χ2v) is 7.25. The molecule has 1 fully saturated rings. The minimum absolute atomic E-state index is 0.155. The highest BCUT2D eigenvalue weighted by molar-refractivity contribution is 7.80. The van der Waals surface area contributed by atoms with Crippen LogP contribution in [0.2, 0.25) is 0 Å². The van der Waals surface area contributed by atoms with Crippen LogP contribution in [0.1, 0.15) is 50.3 Å². The lowest BCUT2D eigenvalue weighted by Gasteiger charge is -2.29. The van der Waals surface area contributed by atoms with Crippen molar-refractivity contribution in [3.05, 3.63) is 41.6 Å². The molecule has 1 saturated heterocycles. The van der Waals surface area contributed by atoms with Crippen molar-refractivity contribution in [2.24, 2.45) is 10.8 Å². The van der Waals surface area contributed by atoms with E-state index in [2.05, 4.69) is 41.4 Å². The third-order valence-corrected chi connectivity index (χ3v) is 4.59. The van der Waals surface area contributed by atoms with Crippen molar-refractivity contribution in [1.29, 1.82) is 0 Å². The number of benzene rings is 1. The summed E-state index contributed by atoms with van der Waals surface area (Å²) in [5, 5.41) is 9.33. The monoisotopic (exact) mass is 370 g/mol. The van der Waals surface area contributed by atoms with E-state index in [1.165, 1.54) is 19.3 Å². The Bertz CT molecular complexity index is 775. The first-order valence-corrected chi connectivity index (χ1v) is 9.50. The molecule has 1 aromatic carbocycles. The van der Waals surface area contributed by atoms with Crippen molar-refractivity contribution in [1.82, 2.24) is 15.2 Å². The molecular formula is C19H26N6S. The zero-order valence-corrected chi connectivity index (χ0v) is 16.2. The molecule has 0 unspecified atom stereocenters. The van der Waals surface area contributed by atoms with Crippen LogP contribution in [0, 0.1) is 0 Å². The van der Waals surface area contributed by atoms with Crippen LogP contribution in [-0.4, -0.2) is 34.2 Å². The van der Waals surface area contributed by atoms with E-state index >= 15 is 0 Å². The predicted molar refractivity (Wildman–Crippen MR) is 111 cm³/mol. The number of hydrogen-bond acceptors (Lipinski definition) is 4. The molecule has 3 N–H and O–H groups in total. The number of para-hydroxylation sites is 1. The van der Waals surface area contributed by atoms with Crippen molar-refractivity contribution < 1.29 is 0 Å². The number of hydrazone groups is 1. The molecule has 0 amide bonds. The van der Waals surface area contributed by atoms with Gasteiger partial charge in [-0.15, -0.1) is 0 Å². The summed E-state index contributed by atoms with van der Waals surface area (Å²) in [5.74, 6) is 1.36. The van der Waals surface area contributed by atoms with E-state index in [0.29, 0.717) is 0 Å². The van der Waals surface area contributed by atoms with Gasteiger partial charge in [0.25, 0.3) is 0 Å². The molecule has 0 spiro atoms. The minimum atomic E-state index is 0.155. The van der Waals surface area contributed by atoms with Crippen LogP contribution in [0.3, 0.4) is 0 Å². The van der Waals surface area contributed by atoms with Gasteiger partial charge in [0.05, 0.1) is 23.2 Å². The van der Waals surface area contributed by atoms with E-state index in [9.17, 15) is 0 Å². The second kappa shape index (κ2) is 8.31. The number of nitrogens with one attached hydrogen (secondary N) is 1. The second-order valence-electron chi connectivity index (χ2n) is 6.81. The van der Waals surface area contributed by atoms with Crippen molar-refractivity contribution in [3.8, 4) is 5.69 Å². The van der Waals surface area contributed by atoms with Gasteiger partial charge < -0.3 is 10.6 Å². The smallest absolute Gasteiger partial charge is 0.184 e. The highest BCUT2D eigenvalue weighted by atomic mass is 32.1. The summed E-state index contributed by atoms with van der Waals surface area (Å²) in [6, 6.07) is 10.3. The van der Waals surface area contributed by atoms with E-state index in [4.69, 9.17) is 23.1 Å². The van der Waals surface area contributed by atoms with Crippen LogP contribution >= 0.6 is 12.2 Å². The molecule has 7 heteroatoms. The van der Waals surface area contributed by atoms with Gasteiger partial charge in [-0.25, -0.2) is 4.68 Å². The molecule has 0 radical (unpaired) electrons. The zero-order chi connectivity index (χ0) is 18.5. The molecule has 0 aliphatic carbocycles. The molecule has 0 saturated carbocycles. The van der Waals surface area contributed by atoms with Crippen LogP contribution in [0.15, 0.2) is 35.4 Å². The van der Waals surface area contributed by atoms with Crippen LogP contribution in [-0.2, 0) is 0 Å². The Morgan fingerprint density at radius 1 is 1.23 bits per heavy atom. The summed E-state index contributed by atoms with van der Waals surface area (Å²) >= 11 is 4.86. The maximum atomic E-state index is 5.51. The van der Waals surface area contributed by atoms with E-state index in [0.717, 1.165) is 35.9 Å². The molecule has 2 heterocycles. The number of rotatable bonds is 5. The first kappa shape index (κ1) is 18.4. The first-order valence-electron chi connectivity index (χ1n) is 9.09. The first-order chi connectivity index (χ1) is 12.6. The van der Waals surface area contributed by atoms with E-state index < -0.39 is 0 Å². The molecule has 1 aromatic heterocycles. The quantitative estimate of drug-likeness (QED) is 0.481. The molecule has 26 heavy (non-hydrogen) atoms. The molecule has 138 valence electrons. The molecule has 1 aliphatic heterocycles. The highest BCUT2D eigenvalue weighted by Crippen LogP contribution is 2.31. The van der Waals surface area contributed by atoms with Gasteiger partial charge in [-0.05, 0) is 49.5 Å². The zero-order valence-electron chi connectivity index (χ0n) is 15.4. The summed E-state index contributed by atoms with van der Waals surface area (Å²) in [7, 11) is 0. The van der Waals surface area contributed by atoms with Crippen LogP contribution in [0.4, 0.5) is 5.82 Å². The average molecular weight is 371 g/mol. The number of nitrogens with zero attached hydrogens (tertiary/aromatic N) is 4. The van der Waals surface area contributed by atoms with Gasteiger partial charge in [-0.3, -0.25) is 5.43 Å². The van der Waals surface area contributed by atoms with Crippen LogP contribution in [0.5, 0.6) is 0 Å².